The van der Waals surface area contributed by atoms with Crippen molar-refractivity contribution in [2.45, 2.75) is 20.8 Å². The zero-order valence-electron chi connectivity index (χ0n) is 20.6. The van der Waals surface area contributed by atoms with E-state index in [1.807, 2.05) is 70.1 Å². The summed E-state index contributed by atoms with van der Waals surface area (Å²) < 4.78 is 25.3. The molecule has 180 valence electrons. The first-order chi connectivity index (χ1) is 16.8. The maximum Gasteiger partial charge on any atom is 0.248 e. The largest absolute Gasteiger partial charge is 0.493 e. The molecule has 0 atom stereocenters. The third-order valence-corrected chi connectivity index (χ3v) is 5.91. The van der Waals surface area contributed by atoms with Crippen molar-refractivity contribution in [3.8, 4) is 16.9 Å². The Kier molecular flexibility index (Phi) is 6.92. The number of carbonyl (C=O) groups excluding carboxylic acids is 1. The number of allylic oxidation sites excluding steroid dienone is 1. The van der Waals surface area contributed by atoms with E-state index in [0.29, 0.717) is 17.9 Å². The summed E-state index contributed by atoms with van der Waals surface area (Å²) in [6.07, 6.45) is 3.24. The quantitative estimate of drug-likeness (QED) is 0.293. The topological polar surface area (TPSA) is 54.7 Å². The van der Waals surface area contributed by atoms with E-state index in [-0.39, 0.29) is 11.7 Å². The van der Waals surface area contributed by atoms with Crippen molar-refractivity contribution in [2.75, 3.05) is 30.9 Å². The number of ether oxygens (including phenoxy) is 1. The number of hydrogen-bond donors (Lipinski definition) is 1. The minimum atomic E-state index is -0.293. The van der Waals surface area contributed by atoms with Crippen molar-refractivity contribution in [3.63, 3.8) is 0 Å². The maximum atomic E-state index is 13.5. The molecule has 0 fully saturated rings. The number of halogens is 1. The highest BCUT2D eigenvalue weighted by atomic mass is 19.1. The van der Waals surface area contributed by atoms with E-state index in [0.717, 1.165) is 44.6 Å². The lowest BCUT2D eigenvalue weighted by Gasteiger charge is -2.15. The van der Waals surface area contributed by atoms with Crippen LogP contribution in [0, 0.1) is 12.7 Å². The molecule has 0 aliphatic rings. The molecule has 0 saturated carbocycles. The van der Waals surface area contributed by atoms with E-state index in [1.165, 1.54) is 12.1 Å². The number of anilines is 2. The van der Waals surface area contributed by atoms with Gasteiger partial charge < -0.3 is 19.4 Å². The van der Waals surface area contributed by atoms with Gasteiger partial charge in [-0.25, -0.2) is 4.39 Å². The Bertz CT molecular complexity index is 1380. The zero-order valence-corrected chi connectivity index (χ0v) is 20.6. The monoisotopic (exact) mass is 472 g/mol. The molecule has 1 N–H and O–H groups in total. The lowest BCUT2D eigenvalue weighted by atomic mass is 9.96. The lowest BCUT2D eigenvalue weighted by molar-refractivity contribution is -0.111. The van der Waals surface area contributed by atoms with Gasteiger partial charge in [-0.3, -0.25) is 4.79 Å². The summed E-state index contributed by atoms with van der Waals surface area (Å²) in [5.41, 5.74) is 6.58. The first kappa shape index (κ1) is 24.1. The van der Waals surface area contributed by atoms with E-state index in [4.69, 9.17) is 9.15 Å². The number of furan rings is 1. The summed E-state index contributed by atoms with van der Waals surface area (Å²) in [5, 5.41) is 3.80. The molecule has 0 saturated heterocycles. The third kappa shape index (κ3) is 5.06. The second-order valence-corrected chi connectivity index (χ2v) is 8.60. The van der Waals surface area contributed by atoms with Gasteiger partial charge in [-0.05, 0) is 74.4 Å². The fraction of sp³-hybridized carbons (Fsp3) is 0.207. The summed E-state index contributed by atoms with van der Waals surface area (Å²) in [7, 11) is 3.94. The first-order valence-corrected chi connectivity index (χ1v) is 11.5. The molecular formula is C29H29FN2O3. The number of hydrogen-bond acceptors (Lipinski definition) is 4. The Hall–Kier alpha value is -4.06. The minimum Gasteiger partial charge on any atom is -0.493 e. The minimum absolute atomic E-state index is 0.230. The molecule has 0 aliphatic carbocycles. The van der Waals surface area contributed by atoms with Crippen molar-refractivity contribution >= 4 is 33.8 Å². The number of aryl methyl sites for hydroxylation is 1. The van der Waals surface area contributed by atoms with Crippen molar-refractivity contribution in [1.82, 2.24) is 0 Å². The summed E-state index contributed by atoms with van der Waals surface area (Å²) in [6, 6.07) is 15.9. The van der Waals surface area contributed by atoms with Gasteiger partial charge in [0, 0.05) is 53.6 Å². The fourth-order valence-electron chi connectivity index (χ4n) is 4.09. The van der Waals surface area contributed by atoms with Gasteiger partial charge in [0.05, 0.1) is 12.9 Å². The Morgan fingerprint density at radius 3 is 2.43 bits per heavy atom. The first-order valence-electron chi connectivity index (χ1n) is 11.5. The van der Waals surface area contributed by atoms with Gasteiger partial charge in [-0.1, -0.05) is 12.1 Å². The molecule has 4 rings (SSSR count). The van der Waals surface area contributed by atoms with Gasteiger partial charge in [0.15, 0.2) is 0 Å². The molecular weight excluding hydrogens is 443 g/mol. The summed E-state index contributed by atoms with van der Waals surface area (Å²) in [4.78, 5) is 14.8. The molecule has 6 heteroatoms. The molecule has 0 spiro atoms. The number of rotatable bonds is 7. The van der Waals surface area contributed by atoms with Gasteiger partial charge in [-0.2, -0.15) is 0 Å². The van der Waals surface area contributed by atoms with Crippen LogP contribution in [0.4, 0.5) is 15.8 Å². The van der Waals surface area contributed by atoms with Gasteiger partial charge in [-0.15, -0.1) is 0 Å². The number of nitrogens with zero attached hydrogens (tertiary/aromatic N) is 1. The average Bonchev–Trinajstić information content (AvgIpc) is 3.26. The molecule has 35 heavy (non-hydrogen) atoms. The van der Waals surface area contributed by atoms with Crippen LogP contribution in [0.1, 0.15) is 25.0 Å². The van der Waals surface area contributed by atoms with E-state index >= 15 is 0 Å². The van der Waals surface area contributed by atoms with Crippen LogP contribution in [0.25, 0.3) is 27.7 Å². The van der Waals surface area contributed by atoms with Crippen LogP contribution in [-0.2, 0) is 4.79 Å². The second-order valence-electron chi connectivity index (χ2n) is 8.60. The smallest absolute Gasteiger partial charge is 0.248 e. The Labute approximate surface area is 204 Å². The predicted molar refractivity (Wildman–Crippen MR) is 141 cm³/mol. The van der Waals surface area contributed by atoms with E-state index in [2.05, 4.69) is 5.32 Å². The van der Waals surface area contributed by atoms with Crippen LogP contribution in [0.5, 0.6) is 5.75 Å². The molecule has 3 aromatic carbocycles. The van der Waals surface area contributed by atoms with Crippen LogP contribution in [0.3, 0.4) is 0 Å². The van der Waals surface area contributed by atoms with E-state index in [1.54, 1.807) is 24.5 Å². The number of nitrogens with one attached hydrogen (secondary N) is 1. The van der Waals surface area contributed by atoms with Gasteiger partial charge in [0.2, 0.25) is 5.91 Å². The molecule has 0 aliphatic heterocycles. The average molecular weight is 473 g/mol. The third-order valence-electron chi connectivity index (χ3n) is 5.91. The maximum absolute atomic E-state index is 13.5. The summed E-state index contributed by atoms with van der Waals surface area (Å²) in [6.45, 7) is 6.22. The zero-order chi connectivity index (χ0) is 25.1. The molecule has 1 amide bonds. The van der Waals surface area contributed by atoms with E-state index in [9.17, 15) is 9.18 Å². The van der Waals surface area contributed by atoms with Crippen molar-refractivity contribution in [2.24, 2.45) is 0 Å². The van der Waals surface area contributed by atoms with Crippen LogP contribution >= 0.6 is 0 Å². The SMILES string of the molecule is CCOc1c(/C(C)=C/C(=O)Nc2ccc(N(C)C)cc2)cc2c(-c3ccc(F)cc3)coc2c1C. The molecule has 0 bridgehead atoms. The van der Waals surface area contributed by atoms with Gasteiger partial charge >= 0.3 is 0 Å². The Morgan fingerprint density at radius 2 is 1.80 bits per heavy atom. The standard InChI is InChI=1S/C29H29FN2O3/c1-6-34-28-19(3)29-25(26(17-35-29)20-7-9-21(30)10-8-20)16-24(28)18(2)15-27(33)31-22-11-13-23(14-12-22)32(4)5/h7-17H,6H2,1-5H3,(H,31,33)/b18-15+. The molecule has 5 nitrogen and oxygen atoms in total. The molecule has 1 aromatic heterocycles. The molecule has 0 unspecified atom stereocenters. The lowest BCUT2D eigenvalue weighted by Crippen LogP contribution is -2.10. The number of carbonyl (C=O) groups is 1. The van der Waals surface area contributed by atoms with Crippen LogP contribution < -0.4 is 15.0 Å². The highest BCUT2D eigenvalue weighted by molar-refractivity contribution is 6.06. The highest BCUT2D eigenvalue weighted by Gasteiger charge is 2.19. The molecule has 0 radical (unpaired) electrons. The molecule has 1 heterocycles. The van der Waals surface area contributed by atoms with Crippen LogP contribution in [0.2, 0.25) is 0 Å². The predicted octanol–water partition coefficient (Wildman–Crippen LogP) is 7.05. The fourth-order valence-corrected chi connectivity index (χ4v) is 4.09. The van der Waals surface area contributed by atoms with Crippen molar-refractivity contribution in [1.29, 1.82) is 0 Å². The van der Waals surface area contributed by atoms with Crippen LogP contribution in [0.15, 0.2) is 71.4 Å². The Morgan fingerprint density at radius 1 is 1.11 bits per heavy atom. The normalized spacial score (nSPS) is 11.5. The number of fused-ring (bicyclic) bond motifs is 1. The summed E-state index contributed by atoms with van der Waals surface area (Å²) >= 11 is 0. The van der Waals surface area contributed by atoms with Crippen LogP contribution in [-0.4, -0.2) is 26.6 Å². The highest BCUT2D eigenvalue weighted by Crippen LogP contribution is 2.40. The van der Waals surface area contributed by atoms with Gasteiger partial charge in [0.1, 0.15) is 17.1 Å². The number of amides is 1. The second kappa shape index (κ2) is 10.1. The molecule has 4 aromatic rings. The van der Waals surface area contributed by atoms with E-state index < -0.39 is 0 Å². The Balaban J connectivity index is 1.72. The van der Waals surface area contributed by atoms with Crippen molar-refractivity contribution in [3.05, 3.63) is 83.9 Å². The van der Waals surface area contributed by atoms with Gasteiger partial charge in [0.25, 0.3) is 0 Å². The van der Waals surface area contributed by atoms with Crippen molar-refractivity contribution < 1.29 is 18.3 Å². The summed E-state index contributed by atoms with van der Waals surface area (Å²) in [5.74, 6) is 0.154. The number of benzene rings is 3.